The van der Waals surface area contributed by atoms with Gasteiger partial charge in [-0.2, -0.15) is 13.2 Å². The first-order chi connectivity index (χ1) is 4.95. The summed E-state index contributed by atoms with van der Waals surface area (Å²) in [7, 11) is 0. The van der Waals surface area contributed by atoms with Gasteiger partial charge in [0.15, 0.2) is 0 Å². The first kappa shape index (κ1) is 11.0. The molecular formula is C6H11ClF3N. The van der Waals surface area contributed by atoms with E-state index < -0.39 is 12.6 Å². The summed E-state index contributed by atoms with van der Waals surface area (Å²) in [6, 6.07) is -0.0565. The lowest BCUT2D eigenvalue weighted by molar-refractivity contribution is -0.133. The molecule has 0 radical (unpaired) electrons. The summed E-state index contributed by atoms with van der Waals surface area (Å²) in [6.07, 6.45) is -4.87. The van der Waals surface area contributed by atoms with Crippen molar-refractivity contribution in [2.75, 3.05) is 12.4 Å². The normalized spacial score (nSPS) is 15.0. The van der Waals surface area contributed by atoms with Crippen molar-refractivity contribution < 1.29 is 13.2 Å². The van der Waals surface area contributed by atoms with Crippen LogP contribution in [0.2, 0.25) is 0 Å². The molecule has 0 rings (SSSR count). The Morgan fingerprint density at radius 3 is 2.36 bits per heavy atom. The summed E-state index contributed by atoms with van der Waals surface area (Å²) in [5, 5.41) is 2.64. The molecule has 0 aromatic heterocycles. The van der Waals surface area contributed by atoms with Gasteiger partial charge in [-0.05, 0) is 6.92 Å². The molecule has 0 aromatic rings. The zero-order valence-electron chi connectivity index (χ0n) is 6.21. The van der Waals surface area contributed by atoms with E-state index in [9.17, 15) is 13.2 Å². The van der Waals surface area contributed by atoms with Gasteiger partial charge in [0.1, 0.15) is 0 Å². The maximum absolute atomic E-state index is 11.5. The minimum absolute atomic E-state index is 0.0565. The van der Waals surface area contributed by atoms with E-state index in [-0.39, 0.29) is 12.6 Å². The predicted molar refractivity (Wildman–Crippen MR) is 38.9 cm³/mol. The smallest absolute Gasteiger partial charge is 0.313 e. The third-order valence-corrected chi connectivity index (χ3v) is 1.60. The molecule has 0 aliphatic carbocycles. The molecule has 0 spiro atoms. The first-order valence-electron chi connectivity index (χ1n) is 3.32. The third-order valence-electron chi connectivity index (χ3n) is 1.13. The van der Waals surface area contributed by atoms with Crippen molar-refractivity contribution in [2.45, 2.75) is 25.6 Å². The Labute approximate surface area is 68.9 Å². The largest absolute Gasteiger partial charge is 0.390 e. The second kappa shape index (κ2) is 4.83. The van der Waals surface area contributed by atoms with Gasteiger partial charge in [0.2, 0.25) is 0 Å². The maximum atomic E-state index is 11.5. The van der Waals surface area contributed by atoms with E-state index in [2.05, 4.69) is 5.32 Å². The quantitative estimate of drug-likeness (QED) is 0.669. The number of rotatable bonds is 4. The van der Waals surface area contributed by atoms with Crippen LogP contribution in [0.5, 0.6) is 0 Å². The molecule has 0 aliphatic heterocycles. The van der Waals surface area contributed by atoms with Crippen LogP contribution in [0.1, 0.15) is 13.3 Å². The first-order valence-corrected chi connectivity index (χ1v) is 3.85. The highest BCUT2D eigenvalue weighted by molar-refractivity contribution is 6.18. The van der Waals surface area contributed by atoms with E-state index in [4.69, 9.17) is 11.6 Å². The van der Waals surface area contributed by atoms with Crippen LogP contribution in [-0.2, 0) is 0 Å². The van der Waals surface area contributed by atoms with Crippen LogP contribution < -0.4 is 5.32 Å². The Kier molecular flexibility index (Phi) is 4.84. The fraction of sp³-hybridized carbons (Fsp3) is 1.00. The van der Waals surface area contributed by atoms with Gasteiger partial charge in [0, 0.05) is 18.5 Å². The molecule has 0 fully saturated rings. The molecule has 1 nitrogen and oxygen atoms in total. The minimum atomic E-state index is -4.07. The van der Waals surface area contributed by atoms with E-state index in [0.717, 1.165) is 0 Å². The summed E-state index contributed by atoms with van der Waals surface area (Å²) in [6.45, 7) is 1.68. The van der Waals surface area contributed by atoms with Crippen molar-refractivity contribution in [2.24, 2.45) is 0 Å². The number of hydrogen-bond acceptors (Lipinski definition) is 1. The Bertz CT molecular complexity index is 104. The number of halogens is 4. The second-order valence-electron chi connectivity index (χ2n) is 2.37. The molecular weight excluding hydrogens is 179 g/mol. The van der Waals surface area contributed by atoms with Crippen LogP contribution >= 0.6 is 11.6 Å². The Morgan fingerprint density at radius 1 is 1.45 bits per heavy atom. The topological polar surface area (TPSA) is 12.0 Å². The van der Waals surface area contributed by atoms with Crippen LogP contribution in [0, 0.1) is 0 Å². The predicted octanol–water partition coefficient (Wildman–Crippen LogP) is 2.16. The van der Waals surface area contributed by atoms with Gasteiger partial charge < -0.3 is 5.32 Å². The monoisotopic (exact) mass is 189 g/mol. The van der Waals surface area contributed by atoms with Crippen molar-refractivity contribution in [3.05, 3.63) is 0 Å². The van der Waals surface area contributed by atoms with Gasteiger partial charge in [0.25, 0.3) is 0 Å². The summed E-state index contributed by atoms with van der Waals surface area (Å²) in [4.78, 5) is 0. The summed E-state index contributed by atoms with van der Waals surface area (Å²) in [5.74, 6) is 0.331. The third kappa shape index (κ3) is 7.94. The van der Waals surface area contributed by atoms with Crippen LogP contribution in [0.15, 0.2) is 0 Å². The molecule has 0 aliphatic rings. The molecule has 0 aromatic carbocycles. The molecule has 0 amide bonds. The van der Waals surface area contributed by atoms with Gasteiger partial charge in [-0.1, -0.05) is 0 Å². The highest BCUT2D eigenvalue weighted by Crippen LogP contribution is 2.18. The molecule has 68 valence electrons. The highest BCUT2D eigenvalue weighted by atomic mass is 35.5. The Morgan fingerprint density at radius 2 is 2.00 bits per heavy atom. The van der Waals surface area contributed by atoms with E-state index in [1.807, 2.05) is 0 Å². The SMILES string of the molecule is CC(CCl)NCCC(F)(F)F. The van der Waals surface area contributed by atoms with Crippen LogP contribution in [0.4, 0.5) is 13.2 Å². The van der Waals surface area contributed by atoms with Crippen LogP contribution in [0.3, 0.4) is 0 Å². The molecule has 11 heavy (non-hydrogen) atoms. The van der Waals surface area contributed by atoms with Gasteiger partial charge in [-0.15, -0.1) is 11.6 Å². The van der Waals surface area contributed by atoms with Gasteiger partial charge in [-0.25, -0.2) is 0 Å². The lowest BCUT2D eigenvalue weighted by Crippen LogP contribution is -2.30. The lowest BCUT2D eigenvalue weighted by Gasteiger charge is -2.11. The van der Waals surface area contributed by atoms with E-state index in [0.29, 0.717) is 5.88 Å². The lowest BCUT2D eigenvalue weighted by atomic mass is 10.3. The number of nitrogens with one attached hydrogen (secondary N) is 1. The fourth-order valence-electron chi connectivity index (χ4n) is 0.515. The van der Waals surface area contributed by atoms with Crippen LogP contribution in [0.25, 0.3) is 0 Å². The minimum Gasteiger partial charge on any atom is -0.313 e. The molecule has 0 saturated carbocycles. The van der Waals surface area contributed by atoms with E-state index >= 15 is 0 Å². The van der Waals surface area contributed by atoms with Crippen molar-refractivity contribution in [1.29, 1.82) is 0 Å². The number of alkyl halides is 4. The summed E-state index contributed by atoms with van der Waals surface area (Å²) in [5.41, 5.74) is 0. The van der Waals surface area contributed by atoms with Gasteiger partial charge in [0.05, 0.1) is 6.42 Å². The van der Waals surface area contributed by atoms with Gasteiger partial charge in [-0.3, -0.25) is 0 Å². The van der Waals surface area contributed by atoms with Crippen molar-refractivity contribution >= 4 is 11.6 Å². The molecule has 1 unspecified atom stereocenters. The zero-order chi connectivity index (χ0) is 8.91. The van der Waals surface area contributed by atoms with Crippen molar-refractivity contribution in [3.63, 3.8) is 0 Å². The molecule has 1 N–H and O–H groups in total. The maximum Gasteiger partial charge on any atom is 0.390 e. The molecule has 1 atom stereocenters. The Balaban J connectivity index is 3.28. The summed E-state index contributed by atoms with van der Waals surface area (Å²) < 4.78 is 34.6. The van der Waals surface area contributed by atoms with E-state index in [1.165, 1.54) is 0 Å². The average molecular weight is 190 g/mol. The van der Waals surface area contributed by atoms with Crippen LogP contribution in [-0.4, -0.2) is 24.6 Å². The Hall–Kier alpha value is 0.0400. The summed E-state index contributed by atoms with van der Waals surface area (Å²) >= 11 is 5.36. The van der Waals surface area contributed by atoms with E-state index in [1.54, 1.807) is 6.92 Å². The molecule has 5 heteroatoms. The van der Waals surface area contributed by atoms with Crippen molar-refractivity contribution in [3.8, 4) is 0 Å². The van der Waals surface area contributed by atoms with Crippen molar-refractivity contribution in [1.82, 2.24) is 5.32 Å². The standard InChI is InChI=1S/C6H11ClF3N/c1-5(4-7)11-3-2-6(8,9)10/h5,11H,2-4H2,1H3. The second-order valence-corrected chi connectivity index (χ2v) is 2.68. The average Bonchev–Trinajstić information content (AvgIpc) is 1.85. The molecule has 0 heterocycles. The highest BCUT2D eigenvalue weighted by Gasteiger charge is 2.26. The molecule has 0 bridgehead atoms. The zero-order valence-corrected chi connectivity index (χ0v) is 6.97. The van der Waals surface area contributed by atoms with Gasteiger partial charge >= 0.3 is 6.18 Å². The number of hydrogen-bond donors (Lipinski definition) is 1. The fourth-order valence-corrected chi connectivity index (χ4v) is 0.624. The molecule has 0 saturated heterocycles.